The number of hydrogen-bond donors (Lipinski definition) is 1. The van der Waals surface area contributed by atoms with E-state index in [2.05, 4.69) is 22.3 Å². The van der Waals surface area contributed by atoms with E-state index in [0.29, 0.717) is 19.1 Å². The molecule has 8 heteroatoms. The van der Waals surface area contributed by atoms with Crippen LogP contribution in [0.25, 0.3) is 15.9 Å². The van der Waals surface area contributed by atoms with Gasteiger partial charge in [-0.1, -0.05) is 6.92 Å². The first-order valence-corrected chi connectivity index (χ1v) is 9.35. The number of ether oxygens (including phenoxy) is 1. The number of hydrogen-bond acceptors (Lipinski definition) is 6. The van der Waals surface area contributed by atoms with Gasteiger partial charge < -0.3 is 10.1 Å². The molecule has 3 aromatic heterocycles. The van der Waals surface area contributed by atoms with Crippen LogP contribution in [0.5, 0.6) is 0 Å². The second kappa shape index (κ2) is 6.34. The lowest BCUT2D eigenvalue weighted by molar-refractivity contribution is 0.0927. The van der Waals surface area contributed by atoms with Crippen LogP contribution in [0.15, 0.2) is 0 Å². The highest BCUT2D eigenvalue weighted by Crippen LogP contribution is 2.38. The van der Waals surface area contributed by atoms with Crippen molar-refractivity contribution in [3.63, 3.8) is 0 Å². The number of thiophene rings is 1. The molecule has 0 radical (unpaired) electrons. The fourth-order valence-electron chi connectivity index (χ4n) is 3.39. The summed E-state index contributed by atoms with van der Waals surface area (Å²) in [6, 6.07) is 0. The Morgan fingerprint density at radius 2 is 2.28 bits per heavy atom. The molecule has 132 valence electrons. The maximum atomic E-state index is 12.3. The number of nitrogens with one attached hydrogen (secondary N) is 1. The summed E-state index contributed by atoms with van der Waals surface area (Å²) in [4.78, 5) is 24.0. The van der Waals surface area contributed by atoms with Crippen LogP contribution in [0.3, 0.4) is 0 Å². The first-order valence-electron chi connectivity index (χ1n) is 8.53. The van der Waals surface area contributed by atoms with E-state index in [1.54, 1.807) is 23.0 Å². The van der Waals surface area contributed by atoms with Crippen LogP contribution < -0.4 is 5.32 Å². The number of carbonyl (C=O) groups is 1. The molecule has 1 unspecified atom stereocenters. The van der Waals surface area contributed by atoms with Crippen LogP contribution in [0.1, 0.15) is 40.2 Å². The Balaban J connectivity index is 1.83. The van der Waals surface area contributed by atoms with Gasteiger partial charge in [-0.25, -0.2) is 9.97 Å². The molecule has 1 atom stereocenters. The molecule has 4 rings (SSSR count). The highest BCUT2D eigenvalue weighted by atomic mass is 32.1. The van der Waals surface area contributed by atoms with Crippen molar-refractivity contribution in [1.82, 2.24) is 24.9 Å². The molecular formula is C17H21N5O2S. The minimum absolute atomic E-state index is 0.178. The predicted molar refractivity (Wildman–Crippen MR) is 96.3 cm³/mol. The Hall–Kier alpha value is -2.06. The van der Waals surface area contributed by atoms with Crippen molar-refractivity contribution in [3.8, 4) is 0 Å². The maximum Gasteiger partial charge on any atom is 0.291 e. The van der Waals surface area contributed by atoms with Gasteiger partial charge in [0.25, 0.3) is 5.91 Å². The third-order valence-corrected chi connectivity index (χ3v) is 5.87. The number of rotatable bonds is 4. The lowest BCUT2D eigenvalue weighted by Gasteiger charge is -2.17. The van der Waals surface area contributed by atoms with Gasteiger partial charge in [-0.05, 0) is 37.7 Å². The third kappa shape index (κ3) is 2.79. The van der Waals surface area contributed by atoms with E-state index in [0.717, 1.165) is 34.5 Å². The number of nitrogens with zero attached hydrogens (tertiary/aromatic N) is 4. The molecule has 3 aromatic rings. The van der Waals surface area contributed by atoms with E-state index >= 15 is 0 Å². The number of methoxy groups -OCH3 is 1. The minimum atomic E-state index is -0.286. The lowest BCUT2D eigenvalue weighted by atomic mass is 9.89. The van der Waals surface area contributed by atoms with Gasteiger partial charge >= 0.3 is 0 Å². The lowest BCUT2D eigenvalue weighted by Crippen LogP contribution is -2.27. The molecule has 25 heavy (non-hydrogen) atoms. The van der Waals surface area contributed by atoms with E-state index in [-0.39, 0.29) is 11.7 Å². The molecule has 3 heterocycles. The van der Waals surface area contributed by atoms with Crippen molar-refractivity contribution < 1.29 is 9.53 Å². The zero-order valence-electron chi connectivity index (χ0n) is 14.6. The second-order valence-corrected chi connectivity index (χ2v) is 7.69. The van der Waals surface area contributed by atoms with E-state index in [1.165, 1.54) is 16.9 Å². The maximum absolute atomic E-state index is 12.3. The zero-order valence-corrected chi connectivity index (χ0v) is 15.4. The summed E-state index contributed by atoms with van der Waals surface area (Å²) in [7, 11) is 1.60. The van der Waals surface area contributed by atoms with Crippen LogP contribution >= 0.6 is 11.3 Å². The predicted octanol–water partition coefficient (Wildman–Crippen LogP) is 2.15. The van der Waals surface area contributed by atoms with Crippen molar-refractivity contribution in [1.29, 1.82) is 0 Å². The number of aromatic nitrogens is 4. The van der Waals surface area contributed by atoms with Crippen LogP contribution in [-0.2, 0) is 17.6 Å². The molecule has 1 aliphatic carbocycles. The number of amides is 1. The highest BCUT2D eigenvalue weighted by Gasteiger charge is 2.25. The first kappa shape index (κ1) is 16.4. The summed E-state index contributed by atoms with van der Waals surface area (Å²) in [6.45, 7) is 5.07. The van der Waals surface area contributed by atoms with Crippen LogP contribution in [0.4, 0.5) is 0 Å². The minimum Gasteiger partial charge on any atom is -0.383 e. The Labute approximate surface area is 149 Å². The van der Waals surface area contributed by atoms with Gasteiger partial charge in [0.05, 0.1) is 12.0 Å². The molecule has 1 aliphatic rings. The topological polar surface area (TPSA) is 81.4 Å². The first-order chi connectivity index (χ1) is 12.1. The average Bonchev–Trinajstić information content (AvgIpc) is 3.16. The van der Waals surface area contributed by atoms with Crippen LogP contribution in [0.2, 0.25) is 0 Å². The normalized spacial score (nSPS) is 17.2. The molecule has 0 saturated heterocycles. The zero-order chi connectivity index (χ0) is 17.6. The SMILES string of the molecule is COCCNC(=O)c1nc2c3c4c(sc3nc(C)n2n1)CCC(C)C4. The fourth-order valence-corrected chi connectivity index (χ4v) is 4.64. The van der Waals surface area contributed by atoms with Gasteiger partial charge in [-0.3, -0.25) is 4.79 Å². The van der Waals surface area contributed by atoms with Gasteiger partial charge in [-0.15, -0.1) is 16.4 Å². The van der Waals surface area contributed by atoms with Gasteiger partial charge in [-0.2, -0.15) is 4.52 Å². The number of carbonyl (C=O) groups excluding carboxylic acids is 1. The van der Waals surface area contributed by atoms with Crippen molar-refractivity contribution in [2.75, 3.05) is 20.3 Å². The van der Waals surface area contributed by atoms with Gasteiger partial charge in [0.2, 0.25) is 5.82 Å². The van der Waals surface area contributed by atoms with E-state index in [1.807, 2.05) is 6.92 Å². The molecule has 0 saturated carbocycles. The fraction of sp³-hybridized carbons (Fsp3) is 0.529. The smallest absolute Gasteiger partial charge is 0.291 e. The van der Waals surface area contributed by atoms with Crippen LogP contribution in [-0.4, -0.2) is 45.8 Å². The van der Waals surface area contributed by atoms with Gasteiger partial charge in [0.1, 0.15) is 10.7 Å². The van der Waals surface area contributed by atoms with Crippen molar-refractivity contribution in [2.24, 2.45) is 5.92 Å². The Bertz CT molecular complexity index is 961. The molecule has 0 spiro atoms. The van der Waals surface area contributed by atoms with E-state index in [4.69, 9.17) is 9.72 Å². The summed E-state index contributed by atoms with van der Waals surface area (Å²) >= 11 is 1.76. The quantitative estimate of drug-likeness (QED) is 0.722. The monoisotopic (exact) mass is 359 g/mol. The summed E-state index contributed by atoms with van der Waals surface area (Å²) in [5, 5.41) is 8.22. The second-order valence-electron chi connectivity index (χ2n) is 6.61. The summed E-state index contributed by atoms with van der Waals surface area (Å²) in [6.07, 6.45) is 3.36. The Morgan fingerprint density at radius 1 is 1.44 bits per heavy atom. The number of fused-ring (bicyclic) bond motifs is 5. The van der Waals surface area contributed by atoms with Gasteiger partial charge in [0, 0.05) is 18.5 Å². The van der Waals surface area contributed by atoms with Crippen molar-refractivity contribution in [3.05, 3.63) is 22.1 Å². The summed E-state index contributed by atoms with van der Waals surface area (Å²) < 4.78 is 6.65. The molecule has 0 bridgehead atoms. The van der Waals surface area contributed by atoms with Crippen molar-refractivity contribution >= 4 is 33.1 Å². The summed E-state index contributed by atoms with van der Waals surface area (Å²) in [5.74, 6) is 1.30. The van der Waals surface area contributed by atoms with E-state index in [9.17, 15) is 4.79 Å². The standard InChI is InChI=1S/C17H21N5O2S/c1-9-4-5-12-11(8-9)13-15-20-14(16(23)18-6-7-24-3)21-22(15)10(2)19-17(13)25-12/h9H,4-8H2,1-3H3,(H,18,23). The number of aryl methyl sites for hydroxylation is 2. The third-order valence-electron chi connectivity index (χ3n) is 4.68. The molecule has 0 fully saturated rings. The Morgan fingerprint density at radius 3 is 3.08 bits per heavy atom. The van der Waals surface area contributed by atoms with Gasteiger partial charge in [0.15, 0.2) is 5.65 Å². The summed E-state index contributed by atoms with van der Waals surface area (Å²) in [5.41, 5.74) is 2.08. The molecule has 7 nitrogen and oxygen atoms in total. The van der Waals surface area contributed by atoms with Crippen LogP contribution in [0, 0.1) is 12.8 Å². The molecular weight excluding hydrogens is 338 g/mol. The van der Waals surface area contributed by atoms with Crippen molar-refractivity contribution in [2.45, 2.75) is 33.1 Å². The Kier molecular flexibility index (Phi) is 4.16. The highest BCUT2D eigenvalue weighted by molar-refractivity contribution is 7.19. The van der Waals surface area contributed by atoms with E-state index < -0.39 is 0 Å². The molecule has 1 amide bonds. The molecule has 0 aliphatic heterocycles. The molecule has 1 N–H and O–H groups in total. The molecule has 0 aromatic carbocycles. The largest absolute Gasteiger partial charge is 0.383 e. The average molecular weight is 359 g/mol.